The molecule has 1 heterocycles. The van der Waals surface area contributed by atoms with Crippen molar-refractivity contribution in [1.29, 1.82) is 0 Å². The van der Waals surface area contributed by atoms with E-state index in [0.29, 0.717) is 59.1 Å². The molecule has 0 aromatic heterocycles. The van der Waals surface area contributed by atoms with E-state index in [-0.39, 0.29) is 18.2 Å². The van der Waals surface area contributed by atoms with Gasteiger partial charge in [-0.05, 0) is 76.7 Å². The first-order chi connectivity index (χ1) is 21.1. The lowest BCUT2D eigenvalue weighted by Crippen LogP contribution is -2.37. The van der Waals surface area contributed by atoms with Crippen molar-refractivity contribution in [3.63, 3.8) is 0 Å². The highest BCUT2D eigenvalue weighted by atomic mass is 19.4. The molecule has 5 rings (SSSR count). The maximum Gasteiger partial charge on any atom is 0.416 e. The number of ether oxygens (including phenoxy) is 3. The molecule has 1 aliphatic rings. The van der Waals surface area contributed by atoms with Gasteiger partial charge >= 0.3 is 6.18 Å². The zero-order valence-corrected chi connectivity index (χ0v) is 24.5. The van der Waals surface area contributed by atoms with Crippen LogP contribution in [0.2, 0.25) is 0 Å². The quantitative estimate of drug-likeness (QED) is 0.240. The van der Waals surface area contributed by atoms with Crippen molar-refractivity contribution < 1.29 is 37.0 Å². The van der Waals surface area contributed by atoms with Gasteiger partial charge in [-0.2, -0.15) is 13.2 Å². The van der Waals surface area contributed by atoms with Crippen LogP contribution in [0.1, 0.15) is 32.6 Å². The molecule has 228 valence electrons. The van der Waals surface area contributed by atoms with E-state index < -0.39 is 11.7 Å². The Morgan fingerprint density at radius 2 is 1.52 bits per heavy atom. The van der Waals surface area contributed by atoms with Crippen LogP contribution in [0.5, 0.6) is 17.2 Å². The number of amides is 2. The Bertz CT molecular complexity index is 1660. The summed E-state index contributed by atoms with van der Waals surface area (Å²) < 4.78 is 55.2. The summed E-state index contributed by atoms with van der Waals surface area (Å²) in [5, 5.41) is 2.92. The average molecular weight is 605 g/mol. The molecule has 10 heteroatoms. The number of methoxy groups -OCH3 is 3. The lowest BCUT2D eigenvalue weighted by molar-refractivity contribution is -0.137. The highest BCUT2D eigenvalue weighted by Gasteiger charge is 2.30. The van der Waals surface area contributed by atoms with Crippen molar-refractivity contribution >= 4 is 17.5 Å². The Hall–Kier alpha value is -4.99. The van der Waals surface area contributed by atoms with Gasteiger partial charge in [0.05, 0.1) is 33.3 Å². The van der Waals surface area contributed by atoms with Gasteiger partial charge in [0, 0.05) is 24.3 Å². The topological polar surface area (TPSA) is 77.1 Å². The summed E-state index contributed by atoms with van der Waals surface area (Å²) in [6, 6.07) is 20.6. The van der Waals surface area contributed by atoms with Crippen LogP contribution in [0.4, 0.5) is 18.9 Å². The fourth-order valence-electron chi connectivity index (χ4n) is 5.34. The highest BCUT2D eigenvalue weighted by Crippen LogP contribution is 2.38. The Morgan fingerprint density at radius 3 is 2.16 bits per heavy atom. The van der Waals surface area contributed by atoms with Crippen molar-refractivity contribution in [2.45, 2.75) is 25.6 Å². The molecule has 4 aromatic carbocycles. The largest absolute Gasteiger partial charge is 0.493 e. The molecule has 44 heavy (non-hydrogen) atoms. The minimum atomic E-state index is -4.44. The zero-order valence-electron chi connectivity index (χ0n) is 24.5. The third-order valence-electron chi connectivity index (χ3n) is 7.60. The number of hydrogen-bond acceptors (Lipinski definition) is 5. The van der Waals surface area contributed by atoms with E-state index in [1.54, 1.807) is 47.4 Å². The molecule has 0 fully saturated rings. The van der Waals surface area contributed by atoms with Crippen LogP contribution in [0.3, 0.4) is 0 Å². The summed E-state index contributed by atoms with van der Waals surface area (Å²) in [5.41, 5.74) is 3.96. The normalized spacial score (nSPS) is 12.7. The first-order valence-corrected chi connectivity index (χ1v) is 13.9. The highest BCUT2D eigenvalue weighted by molar-refractivity contribution is 6.08. The van der Waals surface area contributed by atoms with Crippen LogP contribution in [0, 0.1) is 0 Å². The monoisotopic (exact) mass is 604 g/mol. The van der Waals surface area contributed by atoms with E-state index in [0.717, 1.165) is 28.8 Å². The second-order valence-corrected chi connectivity index (χ2v) is 10.3. The van der Waals surface area contributed by atoms with Gasteiger partial charge in [0.2, 0.25) is 11.7 Å². The number of anilines is 1. The van der Waals surface area contributed by atoms with E-state index in [2.05, 4.69) is 5.32 Å². The fraction of sp³-hybridized carbons (Fsp3) is 0.235. The predicted octanol–water partition coefficient (Wildman–Crippen LogP) is 6.78. The van der Waals surface area contributed by atoms with Crippen LogP contribution in [0.25, 0.3) is 11.1 Å². The molecular formula is C34H31F3N2O5. The SMILES string of the molecule is COc1cc(CC(=O)N2CCc3cc(NC(=O)c4ccccc4-c4ccc(C(F)(F)F)cc4)ccc3C2)cc(OC)c1OC. The molecule has 0 atom stereocenters. The van der Waals surface area contributed by atoms with E-state index in [1.807, 2.05) is 12.1 Å². The third-order valence-corrected chi connectivity index (χ3v) is 7.60. The number of rotatable bonds is 8. The molecule has 0 radical (unpaired) electrons. The molecule has 2 amide bonds. The number of alkyl halides is 3. The molecule has 0 aliphatic carbocycles. The van der Waals surface area contributed by atoms with Gasteiger partial charge < -0.3 is 24.4 Å². The van der Waals surface area contributed by atoms with Crippen LogP contribution >= 0.6 is 0 Å². The minimum Gasteiger partial charge on any atom is -0.493 e. The minimum absolute atomic E-state index is 0.0397. The molecular weight excluding hydrogens is 573 g/mol. The summed E-state index contributed by atoms with van der Waals surface area (Å²) in [5.74, 6) is 1.01. The van der Waals surface area contributed by atoms with Crippen molar-refractivity contribution in [2.75, 3.05) is 33.2 Å². The number of hydrogen-bond donors (Lipinski definition) is 1. The number of fused-ring (bicyclic) bond motifs is 1. The second-order valence-electron chi connectivity index (χ2n) is 10.3. The van der Waals surface area contributed by atoms with Crippen LogP contribution in [0.15, 0.2) is 78.9 Å². The average Bonchev–Trinajstić information content (AvgIpc) is 3.03. The van der Waals surface area contributed by atoms with E-state index in [1.165, 1.54) is 33.5 Å². The van der Waals surface area contributed by atoms with Gasteiger partial charge in [0.25, 0.3) is 5.91 Å². The number of nitrogens with one attached hydrogen (secondary N) is 1. The molecule has 0 spiro atoms. The maximum absolute atomic E-state index is 13.3. The van der Waals surface area contributed by atoms with Gasteiger partial charge in [-0.15, -0.1) is 0 Å². The maximum atomic E-state index is 13.3. The van der Waals surface area contributed by atoms with Crippen molar-refractivity contribution in [3.05, 3.63) is 107 Å². The van der Waals surface area contributed by atoms with Gasteiger partial charge in [0.1, 0.15) is 0 Å². The number of halogens is 3. The molecule has 1 aliphatic heterocycles. The Morgan fingerprint density at radius 1 is 0.841 bits per heavy atom. The Labute approximate surface area is 253 Å². The number of carbonyl (C=O) groups is 2. The second kappa shape index (κ2) is 12.7. The van der Waals surface area contributed by atoms with Crippen molar-refractivity contribution in [1.82, 2.24) is 4.90 Å². The molecule has 4 aromatic rings. The van der Waals surface area contributed by atoms with Crippen LogP contribution < -0.4 is 19.5 Å². The third kappa shape index (κ3) is 6.49. The van der Waals surface area contributed by atoms with E-state index >= 15 is 0 Å². The van der Waals surface area contributed by atoms with E-state index in [4.69, 9.17) is 14.2 Å². The summed E-state index contributed by atoms with van der Waals surface area (Å²) in [4.78, 5) is 28.3. The van der Waals surface area contributed by atoms with Crippen molar-refractivity contribution in [3.8, 4) is 28.4 Å². The van der Waals surface area contributed by atoms with E-state index in [9.17, 15) is 22.8 Å². The summed E-state index contributed by atoms with van der Waals surface area (Å²) >= 11 is 0. The van der Waals surface area contributed by atoms with Gasteiger partial charge in [-0.3, -0.25) is 9.59 Å². The zero-order chi connectivity index (χ0) is 31.4. The summed E-state index contributed by atoms with van der Waals surface area (Å²) in [6.45, 7) is 0.952. The lowest BCUT2D eigenvalue weighted by atomic mass is 9.97. The number of nitrogens with zero attached hydrogens (tertiary/aromatic N) is 1. The molecule has 1 N–H and O–H groups in total. The van der Waals surface area contributed by atoms with Crippen molar-refractivity contribution in [2.24, 2.45) is 0 Å². The van der Waals surface area contributed by atoms with Gasteiger partial charge in [0.15, 0.2) is 11.5 Å². The Balaban J connectivity index is 1.27. The van der Waals surface area contributed by atoms with Crippen LogP contribution in [-0.4, -0.2) is 44.6 Å². The molecule has 7 nitrogen and oxygen atoms in total. The smallest absolute Gasteiger partial charge is 0.416 e. The molecule has 0 unspecified atom stereocenters. The van der Waals surface area contributed by atoms with Crippen LogP contribution in [-0.2, 0) is 30.4 Å². The standard InChI is InChI=1S/C34H31F3N2O5/c1-42-29-16-21(17-30(43-2)32(29)44-3)18-31(40)39-15-14-23-19-26(13-10-24(23)20-39)38-33(41)28-7-5-4-6-27(28)22-8-11-25(12-9-22)34(35,36)37/h4-13,16-17,19H,14-15,18,20H2,1-3H3,(H,38,41). The molecule has 0 bridgehead atoms. The summed E-state index contributed by atoms with van der Waals surface area (Å²) in [7, 11) is 4.58. The fourth-order valence-corrected chi connectivity index (χ4v) is 5.34. The lowest BCUT2D eigenvalue weighted by Gasteiger charge is -2.29. The van der Waals surface area contributed by atoms with Gasteiger partial charge in [-0.25, -0.2) is 0 Å². The summed E-state index contributed by atoms with van der Waals surface area (Å²) in [6.07, 6.45) is -3.66. The molecule has 0 saturated carbocycles. The molecule has 0 saturated heterocycles. The number of carbonyl (C=O) groups excluding carboxylic acids is 2. The van der Waals surface area contributed by atoms with Gasteiger partial charge in [-0.1, -0.05) is 36.4 Å². The number of benzene rings is 4. The first-order valence-electron chi connectivity index (χ1n) is 13.9. The first kappa shape index (κ1) is 30.5. The Kier molecular flexibility index (Phi) is 8.80. The predicted molar refractivity (Wildman–Crippen MR) is 160 cm³/mol.